The van der Waals surface area contributed by atoms with E-state index in [1.54, 1.807) is 0 Å². The Morgan fingerprint density at radius 1 is 1.15 bits per heavy atom. The summed E-state index contributed by atoms with van der Waals surface area (Å²) in [6, 6.07) is 0. The van der Waals surface area contributed by atoms with Gasteiger partial charge in [-0.05, 0) is 33.6 Å². The van der Waals surface area contributed by atoms with Gasteiger partial charge in [0.15, 0.2) is 0 Å². The van der Waals surface area contributed by atoms with Gasteiger partial charge in [-0.2, -0.15) is 0 Å². The molecule has 0 saturated heterocycles. The van der Waals surface area contributed by atoms with E-state index in [1.165, 1.54) is 0 Å². The maximum atomic E-state index is 10.1. The highest BCUT2D eigenvalue weighted by Crippen LogP contribution is 2.17. The van der Waals surface area contributed by atoms with Crippen LogP contribution >= 0.6 is 0 Å². The van der Waals surface area contributed by atoms with Gasteiger partial charge < -0.3 is 10.4 Å². The minimum atomic E-state index is -0.512. The zero-order valence-electron chi connectivity index (χ0n) is 9.78. The van der Waals surface area contributed by atoms with Gasteiger partial charge in [-0.1, -0.05) is 20.3 Å². The highest BCUT2D eigenvalue weighted by atomic mass is 16.3. The Hall–Kier alpha value is -0.0800. The molecule has 0 bridgehead atoms. The molecule has 0 aliphatic rings. The van der Waals surface area contributed by atoms with E-state index in [-0.39, 0.29) is 5.54 Å². The summed E-state index contributed by atoms with van der Waals surface area (Å²) in [4.78, 5) is 0. The molecule has 2 heteroatoms. The maximum Gasteiger partial charge on any atom is 0.0769 e. The van der Waals surface area contributed by atoms with Crippen molar-refractivity contribution in [3.63, 3.8) is 0 Å². The summed E-state index contributed by atoms with van der Waals surface area (Å²) in [5.74, 6) is 0. The highest BCUT2D eigenvalue weighted by molar-refractivity contribution is 4.83. The van der Waals surface area contributed by atoms with E-state index in [9.17, 15) is 5.11 Å². The third-order valence-electron chi connectivity index (χ3n) is 2.32. The van der Waals surface area contributed by atoms with Crippen LogP contribution in [0.3, 0.4) is 0 Å². The van der Waals surface area contributed by atoms with Crippen LogP contribution in [-0.4, -0.2) is 22.8 Å². The highest BCUT2D eigenvalue weighted by Gasteiger charge is 2.25. The van der Waals surface area contributed by atoms with Gasteiger partial charge in [0.25, 0.3) is 0 Å². The van der Waals surface area contributed by atoms with Gasteiger partial charge in [-0.15, -0.1) is 0 Å². The molecule has 1 unspecified atom stereocenters. The predicted octanol–water partition coefficient (Wildman–Crippen LogP) is 2.32. The third-order valence-corrected chi connectivity index (χ3v) is 2.32. The van der Waals surface area contributed by atoms with E-state index in [0.29, 0.717) is 6.54 Å². The van der Waals surface area contributed by atoms with Crippen molar-refractivity contribution in [2.45, 2.75) is 65.0 Å². The third kappa shape index (κ3) is 6.05. The zero-order chi connectivity index (χ0) is 10.5. The van der Waals surface area contributed by atoms with Gasteiger partial charge in [0.05, 0.1) is 5.60 Å². The smallest absolute Gasteiger partial charge is 0.0769 e. The summed E-state index contributed by atoms with van der Waals surface area (Å²) in [7, 11) is 0. The molecule has 80 valence electrons. The van der Waals surface area contributed by atoms with E-state index in [4.69, 9.17) is 0 Å². The monoisotopic (exact) mass is 187 g/mol. The molecule has 0 aromatic carbocycles. The van der Waals surface area contributed by atoms with E-state index in [1.807, 2.05) is 6.92 Å². The first kappa shape index (κ1) is 12.9. The first-order valence-electron chi connectivity index (χ1n) is 5.30. The molecule has 0 aromatic rings. The lowest BCUT2D eigenvalue weighted by Crippen LogP contribution is -2.47. The number of hydrogen-bond donors (Lipinski definition) is 2. The molecule has 13 heavy (non-hydrogen) atoms. The first-order valence-corrected chi connectivity index (χ1v) is 5.30. The van der Waals surface area contributed by atoms with Crippen LogP contribution in [0, 0.1) is 0 Å². The molecule has 2 N–H and O–H groups in total. The Labute approximate surface area is 82.7 Å². The standard InChI is InChI=1S/C11H25NO/c1-6-8-11(13,7-2)9-12-10(3,4)5/h12-13H,6-9H2,1-5H3. The number of rotatable bonds is 5. The topological polar surface area (TPSA) is 32.3 Å². The van der Waals surface area contributed by atoms with Crippen LogP contribution in [0.15, 0.2) is 0 Å². The zero-order valence-corrected chi connectivity index (χ0v) is 9.78. The van der Waals surface area contributed by atoms with Crippen molar-refractivity contribution < 1.29 is 5.11 Å². The number of β-amino-alcohol motifs (C(OH)–C–C–N with tert-alkyl or cyclic N) is 1. The second-order valence-electron chi connectivity index (χ2n) is 4.93. The summed E-state index contributed by atoms with van der Waals surface area (Å²) >= 11 is 0. The SMILES string of the molecule is CCCC(O)(CC)CNC(C)(C)C. The Kier molecular flexibility index (Phi) is 4.93. The van der Waals surface area contributed by atoms with E-state index < -0.39 is 5.60 Å². The average molecular weight is 187 g/mol. The summed E-state index contributed by atoms with van der Waals surface area (Å²) in [6.45, 7) is 11.2. The number of nitrogens with one attached hydrogen (secondary N) is 1. The van der Waals surface area contributed by atoms with Crippen LogP contribution in [-0.2, 0) is 0 Å². The van der Waals surface area contributed by atoms with Crippen molar-refractivity contribution in [1.29, 1.82) is 0 Å². The molecule has 0 spiro atoms. The summed E-state index contributed by atoms with van der Waals surface area (Å²) in [6.07, 6.45) is 2.74. The quantitative estimate of drug-likeness (QED) is 0.692. The molecule has 0 aliphatic carbocycles. The predicted molar refractivity (Wildman–Crippen MR) is 57.9 cm³/mol. The molecule has 0 saturated carbocycles. The molecule has 2 nitrogen and oxygen atoms in total. The van der Waals surface area contributed by atoms with Crippen LogP contribution < -0.4 is 5.32 Å². The van der Waals surface area contributed by atoms with E-state index >= 15 is 0 Å². The summed E-state index contributed by atoms with van der Waals surface area (Å²) < 4.78 is 0. The van der Waals surface area contributed by atoms with E-state index in [0.717, 1.165) is 19.3 Å². The molecule has 0 amide bonds. The molecule has 0 aliphatic heterocycles. The molecule has 0 rings (SSSR count). The number of hydrogen-bond acceptors (Lipinski definition) is 2. The normalized spacial score (nSPS) is 17.1. The Morgan fingerprint density at radius 2 is 1.69 bits per heavy atom. The average Bonchev–Trinajstić information content (AvgIpc) is 2.01. The summed E-state index contributed by atoms with van der Waals surface area (Å²) in [5, 5.41) is 13.5. The van der Waals surface area contributed by atoms with Crippen molar-refractivity contribution in [2.75, 3.05) is 6.54 Å². The second kappa shape index (κ2) is 4.97. The van der Waals surface area contributed by atoms with Gasteiger partial charge in [0.2, 0.25) is 0 Å². The Bertz CT molecular complexity index is 140. The fourth-order valence-electron chi connectivity index (χ4n) is 1.29. The molecule has 0 aromatic heterocycles. The minimum absolute atomic E-state index is 0.0941. The molecular weight excluding hydrogens is 162 g/mol. The fourth-order valence-corrected chi connectivity index (χ4v) is 1.29. The van der Waals surface area contributed by atoms with Gasteiger partial charge in [-0.3, -0.25) is 0 Å². The van der Waals surface area contributed by atoms with Crippen molar-refractivity contribution in [3.05, 3.63) is 0 Å². The maximum absolute atomic E-state index is 10.1. The van der Waals surface area contributed by atoms with Crippen LogP contribution in [0.5, 0.6) is 0 Å². The molecule has 0 radical (unpaired) electrons. The minimum Gasteiger partial charge on any atom is -0.389 e. The Morgan fingerprint density at radius 3 is 2.00 bits per heavy atom. The van der Waals surface area contributed by atoms with Gasteiger partial charge >= 0.3 is 0 Å². The first-order chi connectivity index (χ1) is 5.83. The van der Waals surface area contributed by atoms with Crippen LogP contribution in [0.1, 0.15) is 53.9 Å². The summed E-state index contributed by atoms with van der Waals surface area (Å²) in [5.41, 5.74) is -0.418. The van der Waals surface area contributed by atoms with Gasteiger partial charge in [0.1, 0.15) is 0 Å². The van der Waals surface area contributed by atoms with Crippen molar-refractivity contribution in [1.82, 2.24) is 5.32 Å². The molecular formula is C11H25NO. The lowest BCUT2D eigenvalue weighted by Gasteiger charge is -2.31. The van der Waals surface area contributed by atoms with Crippen molar-refractivity contribution in [2.24, 2.45) is 0 Å². The lowest BCUT2D eigenvalue weighted by atomic mass is 9.93. The van der Waals surface area contributed by atoms with Gasteiger partial charge in [0, 0.05) is 12.1 Å². The lowest BCUT2D eigenvalue weighted by molar-refractivity contribution is 0.0215. The van der Waals surface area contributed by atoms with Crippen molar-refractivity contribution >= 4 is 0 Å². The number of aliphatic hydroxyl groups is 1. The molecule has 0 fully saturated rings. The van der Waals surface area contributed by atoms with Crippen LogP contribution in [0.2, 0.25) is 0 Å². The van der Waals surface area contributed by atoms with Crippen molar-refractivity contribution in [3.8, 4) is 0 Å². The molecule has 0 heterocycles. The van der Waals surface area contributed by atoms with Gasteiger partial charge in [-0.25, -0.2) is 0 Å². The second-order valence-corrected chi connectivity index (χ2v) is 4.93. The van der Waals surface area contributed by atoms with E-state index in [2.05, 4.69) is 33.0 Å². The Balaban J connectivity index is 3.97. The molecule has 1 atom stereocenters. The largest absolute Gasteiger partial charge is 0.389 e. The van der Waals surface area contributed by atoms with Crippen LogP contribution in [0.25, 0.3) is 0 Å². The fraction of sp³-hybridized carbons (Fsp3) is 1.00. The van der Waals surface area contributed by atoms with Crippen LogP contribution in [0.4, 0.5) is 0 Å².